The summed E-state index contributed by atoms with van der Waals surface area (Å²) in [4.78, 5) is 2.06. The highest BCUT2D eigenvalue weighted by molar-refractivity contribution is 5.01. The van der Waals surface area contributed by atoms with Gasteiger partial charge in [-0.15, -0.1) is 0 Å². The van der Waals surface area contributed by atoms with Gasteiger partial charge in [-0.3, -0.25) is 0 Å². The van der Waals surface area contributed by atoms with E-state index in [1.54, 1.807) is 6.08 Å². The summed E-state index contributed by atoms with van der Waals surface area (Å²) in [5.41, 5.74) is 0. The molecule has 0 aromatic heterocycles. The molecule has 0 aliphatic rings. The van der Waals surface area contributed by atoms with E-state index in [-0.39, 0.29) is 6.61 Å². The summed E-state index contributed by atoms with van der Waals surface area (Å²) in [6.45, 7) is 3.20. The molecule has 0 spiro atoms. The van der Waals surface area contributed by atoms with Gasteiger partial charge in [0.25, 0.3) is 0 Å². The standard InChI is InChI=1S/C8H15NO/c1-3-9(2)7-5-4-6-8-10/h4-7,10H,3,8H2,1-2H3/b6-4-,7-5-. The Bertz CT molecular complexity index is 118. The van der Waals surface area contributed by atoms with Gasteiger partial charge >= 0.3 is 0 Å². The highest BCUT2D eigenvalue weighted by Gasteiger charge is 1.78. The van der Waals surface area contributed by atoms with Crippen molar-refractivity contribution in [3.8, 4) is 0 Å². The summed E-state index contributed by atoms with van der Waals surface area (Å²) < 4.78 is 0. The summed E-state index contributed by atoms with van der Waals surface area (Å²) in [5.74, 6) is 0. The maximum Gasteiger partial charge on any atom is 0.0615 e. The fraction of sp³-hybridized carbons (Fsp3) is 0.500. The molecule has 0 aliphatic heterocycles. The van der Waals surface area contributed by atoms with Gasteiger partial charge in [-0.25, -0.2) is 0 Å². The van der Waals surface area contributed by atoms with E-state index in [1.165, 1.54) is 0 Å². The molecule has 0 aromatic carbocycles. The van der Waals surface area contributed by atoms with Crippen LogP contribution in [-0.4, -0.2) is 30.2 Å². The molecule has 10 heavy (non-hydrogen) atoms. The topological polar surface area (TPSA) is 23.5 Å². The third kappa shape index (κ3) is 5.38. The van der Waals surface area contributed by atoms with Crippen molar-refractivity contribution in [1.29, 1.82) is 0 Å². The van der Waals surface area contributed by atoms with Crippen LogP contribution in [0.5, 0.6) is 0 Å². The Kier molecular flexibility index (Phi) is 5.88. The first-order valence-electron chi connectivity index (χ1n) is 3.45. The lowest BCUT2D eigenvalue weighted by Crippen LogP contribution is -2.07. The Morgan fingerprint density at radius 2 is 2.10 bits per heavy atom. The zero-order valence-electron chi connectivity index (χ0n) is 6.62. The number of hydrogen-bond donors (Lipinski definition) is 1. The van der Waals surface area contributed by atoms with E-state index in [0.717, 1.165) is 6.54 Å². The van der Waals surface area contributed by atoms with Crippen molar-refractivity contribution < 1.29 is 5.11 Å². The molecule has 0 aromatic rings. The number of aliphatic hydroxyl groups is 1. The summed E-state index contributed by atoms with van der Waals surface area (Å²) in [6.07, 6.45) is 7.39. The van der Waals surface area contributed by atoms with Gasteiger partial charge in [0.2, 0.25) is 0 Å². The van der Waals surface area contributed by atoms with E-state index in [9.17, 15) is 0 Å². The van der Waals surface area contributed by atoms with Crippen LogP contribution >= 0.6 is 0 Å². The SMILES string of the molecule is CCN(C)/C=C\C=C/CO. The molecule has 58 valence electrons. The van der Waals surface area contributed by atoms with Crippen LogP contribution in [0.2, 0.25) is 0 Å². The Labute approximate surface area is 62.5 Å². The molecule has 0 fully saturated rings. The molecule has 2 heteroatoms. The summed E-state index contributed by atoms with van der Waals surface area (Å²) in [7, 11) is 2.00. The Morgan fingerprint density at radius 1 is 1.40 bits per heavy atom. The zero-order chi connectivity index (χ0) is 7.82. The molecular formula is C8H15NO. The average Bonchev–Trinajstić information content (AvgIpc) is 1.98. The van der Waals surface area contributed by atoms with Crippen LogP contribution in [0.1, 0.15) is 6.92 Å². The predicted molar refractivity (Wildman–Crippen MR) is 43.7 cm³/mol. The molecule has 2 nitrogen and oxygen atoms in total. The van der Waals surface area contributed by atoms with Crippen molar-refractivity contribution in [1.82, 2.24) is 4.90 Å². The average molecular weight is 141 g/mol. The molecule has 0 unspecified atom stereocenters. The molecular weight excluding hydrogens is 126 g/mol. The number of aliphatic hydroxyl groups excluding tert-OH is 1. The molecule has 0 bridgehead atoms. The summed E-state index contributed by atoms with van der Waals surface area (Å²) in [5, 5.41) is 8.35. The van der Waals surface area contributed by atoms with E-state index in [4.69, 9.17) is 5.11 Å². The van der Waals surface area contributed by atoms with Crippen LogP contribution < -0.4 is 0 Å². The molecule has 0 heterocycles. The molecule has 0 amide bonds. The number of nitrogens with zero attached hydrogens (tertiary/aromatic N) is 1. The van der Waals surface area contributed by atoms with Crippen molar-refractivity contribution in [3.05, 3.63) is 24.4 Å². The quantitative estimate of drug-likeness (QED) is 0.590. The van der Waals surface area contributed by atoms with Gasteiger partial charge in [0.05, 0.1) is 6.61 Å². The molecule has 0 atom stereocenters. The number of allylic oxidation sites excluding steroid dienone is 2. The monoisotopic (exact) mass is 141 g/mol. The van der Waals surface area contributed by atoms with E-state index in [0.29, 0.717) is 0 Å². The van der Waals surface area contributed by atoms with Crippen LogP contribution in [0.4, 0.5) is 0 Å². The van der Waals surface area contributed by atoms with E-state index < -0.39 is 0 Å². The summed E-state index contributed by atoms with van der Waals surface area (Å²) in [6, 6.07) is 0. The maximum atomic E-state index is 8.35. The zero-order valence-corrected chi connectivity index (χ0v) is 6.62. The lowest BCUT2D eigenvalue weighted by atomic mass is 10.5. The van der Waals surface area contributed by atoms with Crippen molar-refractivity contribution in [2.45, 2.75) is 6.92 Å². The largest absolute Gasteiger partial charge is 0.392 e. The minimum Gasteiger partial charge on any atom is -0.392 e. The first kappa shape index (κ1) is 9.24. The van der Waals surface area contributed by atoms with E-state index in [1.807, 2.05) is 25.4 Å². The van der Waals surface area contributed by atoms with Crippen molar-refractivity contribution >= 4 is 0 Å². The molecule has 0 rings (SSSR count). The molecule has 0 saturated heterocycles. The highest BCUT2D eigenvalue weighted by Crippen LogP contribution is 1.83. The van der Waals surface area contributed by atoms with Crippen LogP contribution in [0.15, 0.2) is 24.4 Å². The molecule has 0 saturated carbocycles. The smallest absolute Gasteiger partial charge is 0.0615 e. The lowest BCUT2D eigenvalue weighted by molar-refractivity contribution is 0.342. The second kappa shape index (κ2) is 6.36. The maximum absolute atomic E-state index is 8.35. The fourth-order valence-corrected chi connectivity index (χ4v) is 0.441. The lowest BCUT2D eigenvalue weighted by Gasteiger charge is -2.07. The van der Waals surface area contributed by atoms with Gasteiger partial charge in [0.15, 0.2) is 0 Å². The fourth-order valence-electron chi connectivity index (χ4n) is 0.441. The van der Waals surface area contributed by atoms with Crippen LogP contribution in [-0.2, 0) is 0 Å². The third-order valence-corrected chi connectivity index (χ3v) is 1.19. The number of rotatable bonds is 4. The molecule has 0 aliphatic carbocycles. The number of hydrogen-bond acceptors (Lipinski definition) is 2. The highest BCUT2D eigenvalue weighted by atomic mass is 16.2. The van der Waals surface area contributed by atoms with Crippen LogP contribution in [0, 0.1) is 0 Å². The minimum absolute atomic E-state index is 0.111. The van der Waals surface area contributed by atoms with Gasteiger partial charge in [-0.2, -0.15) is 0 Å². The van der Waals surface area contributed by atoms with Crippen LogP contribution in [0.25, 0.3) is 0 Å². The van der Waals surface area contributed by atoms with Gasteiger partial charge < -0.3 is 10.0 Å². The van der Waals surface area contributed by atoms with Crippen molar-refractivity contribution in [2.24, 2.45) is 0 Å². The minimum atomic E-state index is 0.111. The van der Waals surface area contributed by atoms with Gasteiger partial charge in [-0.05, 0) is 19.2 Å². The molecule has 1 N–H and O–H groups in total. The molecule has 0 radical (unpaired) electrons. The first-order valence-corrected chi connectivity index (χ1v) is 3.45. The Hall–Kier alpha value is -0.760. The first-order chi connectivity index (χ1) is 4.81. The summed E-state index contributed by atoms with van der Waals surface area (Å²) >= 11 is 0. The van der Waals surface area contributed by atoms with Gasteiger partial charge in [0, 0.05) is 13.6 Å². The Balaban J connectivity index is 3.44. The van der Waals surface area contributed by atoms with Gasteiger partial charge in [-0.1, -0.05) is 12.2 Å². The normalized spacial score (nSPS) is 11.5. The van der Waals surface area contributed by atoms with Crippen molar-refractivity contribution in [2.75, 3.05) is 20.2 Å². The van der Waals surface area contributed by atoms with E-state index in [2.05, 4.69) is 11.8 Å². The second-order valence-electron chi connectivity index (χ2n) is 2.03. The van der Waals surface area contributed by atoms with Crippen molar-refractivity contribution in [3.63, 3.8) is 0 Å². The van der Waals surface area contributed by atoms with Crippen LogP contribution in [0.3, 0.4) is 0 Å². The van der Waals surface area contributed by atoms with E-state index >= 15 is 0 Å². The van der Waals surface area contributed by atoms with Gasteiger partial charge in [0.1, 0.15) is 0 Å². The second-order valence-corrected chi connectivity index (χ2v) is 2.03. The third-order valence-electron chi connectivity index (χ3n) is 1.19. The Morgan fingerprint density at radius 3 is 2.60 bits per heavy atom. The predicted octanol–water partition coefficient (Wildman–Crippen LogP) is 1.00.